The number of halogens is 2. The number of hydrogen-bond acceptors (Lipinski definition) is 4. The van der Waals surface area contributed by atoms with Crippen molar-refractivity contribution in [1.82, 2.24) is 15.1 Å². The number of aromatic hydroxyl groups is 1. The molecule has 1 aliphatic rings. The second-order valence-corrected chi connectivity index (χ2v) is 9.08. The lowest BCUT2D eigenvalue weighted by Crippen LogP contribution is -2.53. The van der Waals surface area contributed by atoms with E-state index < -0.39 is 0 Å². The van der Waals surface area contributed by atoms with Crippen molar-refractivity contribution in [2.75, 3.05) is 39.8 Å². The Morgan fingerprint density at radius 2 is 1.83 bits per heavy atom. The van der Waals surface area contributed by atoms with Crippen LogP contribution in [0.4, 0.5) is 0 Å². The van der Waals surface area contributed by atoms with Crippen LogP contribution in [0.5, 0.6) is 5.75 Å². The molecule has 2 rings (SSSR count). The van der Waals surface area contributed by atoms with Crippen LogP contribution < -0.4 is 5.32 Å². The molecule has 1 aliphatic heterocycles. The summed E-state index contributed by atoms with van der Waals surface area (Å²) in [5, 5.41) is 13.8. The number of phenolic OH excluding ortho intramolecular Hbond substituents is 1. The molecule has 1 heterocycles. The van der Waals surface area contributed by atoms with E-state index in [-0.39, 0.29) is 0 Å². The number of nitrogens with one attached hydrogen (secondary N) is 1. The van der Waals surface area contributed by atoms with Crippen LogP contribution in [0.15, 0.2) is 12.1 Å². The first kappa shape index (κ1) is 19.7. The SMILES string of the molecule is CC(C)C(CNCc1cc(I)cc(I)c1O)N1CCN(C)CC1. The molecule has 0 spiro atoms. The molecule has 6 heteroatoms. The minimum atomic E-state index is 0.416. The smallest absolute Gasteiger partial charge is 0.133 e. The van der Waals surface area contributed by atoms with Gasteiger partial charge in [0.25, 0.3) is 0 Å². The van der Waals surface area contributed by atoms with Gasteiger partial charge in [0.15, 0.2) is 0 Å². The Labute approximate surface area is 167 Å². The minimum absolute atomic E-state index is 0.416. The molecule has 1 fully saturated rings. The maximum atomic E-state index is 10.2. The molecular weight excluding hydrogens is 516 g/mol. The summed E-state index contributed by atoms with van der Waals surface area (Å²) >= 11 is 4.50. The van der Waals surface area contributed by atoms with Crippen LogP contribution in [-0.4, -0.2) is 60.7 Å². The molecule has 4 nitrogen and oxygen atoms in total. The highest BCUT2D eigenvalue weighted by atomic mass is 127. The van der Waals surface area contributed by atoms with Gasteiger partial charge in [0.1, 0.15) is 5.75 Å². The summed E-state index contributed by atoms with van der Waals surface area (Å²) in [6, 6.07) is 4.61. The van der Waals surface area contributed by atoms with Crippen molar-refractivity contribution in [1.29, 1.82) is 0 Å². The largest absolute Gasteiger partial charge is 0.507 e. The van der Waals surface area contributed by atoms with Crippen LogP contribution in [0.2, 0.25) is 0 Å². The molecule has 130 valence electrons. The molecule has 1 aromatic carbocycles. The third kappa shape index (κ3) is 5.69. The lowest BCUT2D eigenvalue weighted by molar-refractivity contribution is 0.0875. The van der Waals surface area contributed by atoms with Crippen LogP contribution in [0.3, 0.4) is 0 Å². The van der Waals surface area contributed by atoms with Gasteiger partial charge in [-0.25, -0.2) is 0 Å². The van der Waals surface area contributed by atoms with E-state index in [4.69, 9.17) is 0 Å². The average Bonchev–Trinajstić information content (AvgIpc) is 2.49. The van der Waals surface area contributed by atoms with E-state index in [9.17, 15) is 5.11 Å². The highest BCUT2D eigenvalue weighted by Gasteiger charge is 2.24. The van der Waals surface area contributed by atoms with E-state index >= 15 is 0 Å². The second-order valence-electron chi connectivity index (χ2n) is 6.68. The van der Waals surface area contributed by atoms with E-state index in [1.807, 2.05) is 6.07 Å². The normalized spacial score (nSPS) is 18.5. The minimum Gasteiger partial charge on any atom is -0.507 e. The first-order valence-corrected chi connectivity index (χ1v) is 10.3. The van der Waals surface area contributed by atoms with Gasteiger partial charge in [0, 0.05) is 54.4 Å². The predicted molar refractivity (Wildman–Crippen MR) is 113 cm³/mol. The van der Waals surface area contributed by atoms with Crippen molar-refractivity contribution >= 4 is 45.2 Å². The molecule has 1 atom stereocenters. The van der Waals surface area contributed by atoms with Crippen LogP contribution in [-0.2, 0) is 6.54 Å². The van der Waals surface area contributed by atoms with Crippen molar-refractivity contribution < 1.29 is 5.11 Å². The Balaban J connectivity index is 1.92. The van der Waals surface area contributed by atoms with Crippen LogP contribution in [0, 0.1) is 13.1 Å². The van der Waals surface area contributed by atoms with Gasteiger partial charge < -0.3 is 15.3 Å². The first-order valence-electron chi connectivity index (χ1n) is 8.18. The fraction of sp³-hybridized carbons (Fsp3) is 0.647. The van der Waals surface area contributed by atoms with Gasteiger partial charge in [0.2, 0.25) is 0 Å². The number of benzene rings is 1. The molecule has 1 unspecified atom stereocenters. The van der Waals surface area contributed by atoms with E-state index in [1.54, 1.807) is 0 Å². The zero-order valence-corrected chi connectivity index (χ0v) is 18.5. The van der Waals surface area contributed by atoms with E-state index in [0.717, 1.165) is 48.4 Å². The fourth-order valence-corrected chi connectivity index (χ4v) is 5.01. The van der Waals surface area contributed by atoms with Crippen molar-refractivity contribution in [3.63, 3.8) is 0 Å². The molecule has 2 N–H and O–H groups in total. The molecule has 1 saturated heterocycles. The van der Waals surface area contributed by atoms with Crippen molar-refractivity contribution in [3.8, 4) is 5.75 Å². The quantitative estimate of drug-likeness (QED) is 0.542. The zero-order valence-electron chi connectivity index (χ0n) is 14.1. The molecule has 0 saturated carbocycles. The Hall–Kier alpha value is 0.360. The summed E-state index contributed by atoms with van der Waals surface area (Å²) in [4.78, 5) is 5.00. The third-order valence-electron chi connectivity index (χ3n) is 4.55. The van der Waals surface area contributed by atoms with Crippen LogP contribution >= 0.6 is 45.2 Å². The second kappa shape index (κ2) is 9.17. The van der Waals surface area contributed by atoms with Gasteiger partial charge >= 0.3 is 0 Å². The van der Waals surface area contributed by atoms with E-state index in [1.165, 1.54) is 3.57 Å². The Bertz CT molecular complexity index is 517. The molecule has 0 aliphatic carbocycles. The number of nitrogens with zero attached hydrogens (tertiary/aromatic N) is 2. The Kier molecular flexibility index (Phi) is 7.84. The molecule has 1 aromatic rings. The van der Waals surface area contributed by atoms with Gasteiger partial charge in [-0.1, -0.05) is 13.8 Å². The lowest BCUT2D eigenvalue weighted by Gasteiger charge is -2.40. The van der Waals surface area contributed by atoms with Gasteiger partial charge in [-0.2, -0.15) is 0 Å². The number of rotatable bonds is 6. The summed E-state index contributed by atoms with van der Waals surface area (Å²) < 4.78 is 2.09. The average molecular weight is 543 g/mol. The van der Waals surface area contributed by atoms with Gasteiger partial charge in [-0.05, 0) is 70.3 Å². The zero-order chi connectivity index (χ0) is 17.0. The molecule has 0 amide bonds. The van der Waals surface area contributed by atoms with Crippen molar-refractivity contribution in [2.45, 2.75) is 26.4 Å². The van der Waals surface area contributed by atoms with Crippen molar-refractivity contribution in [2.24, 2.45) is 5.92 Å². The van der Waals surface area contributed by atoms with Crippen LogP contribution in [0.25, 0.3) is 0 Å². The first-order chi connectivity index (χ1) is 10.9. The van der Waals surface area contributed by atoms with Crippen LogP contribution in [0.1, 0.15) is 19.4 Å². The summed E-state index contributed by atoms with van der Waals surface area (Å²) in [6.45, 7) is 10.9. The molecular formula is C17H27I2N3O. The molecule has 0 aromatic heterocycles. The van der Waals surface area contributed by atoms with E-state index in [0.29, 0.717) is 17.7 Å². The molecule has 0 radical (unpaired) electrons. The summed E-state index contributed by atoms with van der Waals surface area (Å²) in [5.74, 6) is 1.04. The van der Waals surface area contributed by atoms with Gasteiger partial charge in [-0.3, -0.25) is 4.90 Å². The van der Waals surface area contributed by atoms with Gasteiger partial charge in [-0.15, -0.1) is 0 Å². The monoisotopic (exact) mass is 543 g/mol. The number of hydrogen-bond donors (Lipinski definition) is 2. The number of phenols is 1. The standard InChI is InChI=1S/C17H27I2N3O/c1-12(2)16(22-6-4-21(3)5-7-22)11-20-10-13-8-14(18)9-15(19)17(13)23/h8-9,12,16,20,23H,4-7,10-11H2,1-3H3. The van der Waals surface area contributed by atoms with Gasteiger partial charge in [0.05, 0.1) is 3.57 Å². The Morgan fingerprint density at radius 1 is 1.17 bits per heavy atom. The highest BCUT2D eigenvalue weighted by Crippen LogP contribution is 2.27. The Morgan fingerprint density at radius 3 is 2.43 bits per heavy atom. The predicted octanol–water partition coefficient (Wildman–Crippen LogP) is 2.96. The third-order valence-corrected chi connectivity index (χ3v) is 6.00. The topological polar surface area (TPSA) is 38.7 Å². The molecule has 0 bridgehead atoms. The maximum Gasteiger partial charge on any atom is 0.133 e. The summed E-state index contributed by atoms with van der Waals surface area (Å²) in [5.41, 5.74) is 0.988. The van der Waals surface area contributed by atoms with E-state index in [2.05, 4.69) is 87.3 Å². The lowest BCUT2D eigenvalue weighted by atomic mass is 10.0. The number of piperazine rings is 1. The summed E-state index contributed by atoms with van der Waals surface area (Å²) in [7, 11) is 2.20. The maximum absolute atomic E-state index is 10.2. The highest BCUT2D eigenvalue weighted by molar-refractivity contribution is 14.1. The molecule has 23 heavy (non-hydrogen) atoms. The van der Waals surface area contributed by atoms with Crippen molar-refractivity contribution in [3.05, 3.63) is 24.8 Å². The number of likely N-dealkylation sites (N-methyl/N-ethyl adjacent to an activating group) is 1. The fourth-order valence-electron chi connectivity index (χ4n) is 3.05. The summed E-state index contributed by atoms with van der Waals surface area (Å²) in [6.07, 6.45) is 0.